The van der Waals surface area contributed by atoms with Crippen molar-refractivity contribution < 1.29 is 9.53 Å². The lowest BCUT2D eigenvalue weighted by atomic mass is 9.78. The number of hydrogen-bond acceptors (Lipinski definition) is 2. The summed E-state index contributed by atoms with van der Waals surface area (Å²) in [7, 11) is 0. The second-order valence-electron chi connectivity index (χ2n) is 5.82. The molecule has 82 valence electrons. The van der Waals surface area contributed by atoms with Crippen molar-refractivity contribution in [3.05, 3.63) is 12.2 Å². The molecule has 0 amide bonds. The van der Waals surface area contributed by atoms with Crippen LogP contribution in [0, 0.1) is 17.8 Å². The summed E-state index contributed by atoms with van der Waals surface area (Å²) in [6.07, 6.45) is 6.12. The lowest BCUT2D eigenvalue weighted by Crippen LogP contribution is -2.38. The average molecular weight is 206 g/mol. The van der Waals surface area contributed by atoms with Crippen LogP contribution in [0.2, 0.25) is 0 Å². The molecule has 4 rings (SSSR count). The van der Waals surface area contributed by atoms with Crippen LogP contribution in [0.5, 0.6) is 0 Å². The maximum atomic E-state index is 11.6. The number of hydrogen-bond donors (Lipinski definition) is 0. The summed E-state index contributed by atoms with van der Waals surface area (Å²) in [5.41, 5.74) is 0.444. The topological polar surface area (TPSA) is 26.3 Å². The van der Waals surface area contributed by atoms with Crippen LogP contribution in [-0.4, -0.2) is 11.6 Å². The average Bonchev–Trinajstić information content (AvgIpc) is 2.53. The zero-order valence-corrected chi connectivity index (χ0v) is 9.29. The molecule has 0 spiro atoms. The van der Waals surface area contributed by atoms with Crippen molar-refractivity contribution in [2.45, 2.75) is 44.6 Å². The van der Waals surface area contributed by atoms with E-state index in [1.54, 1.807) is 6.92 Å². The van der Waals surface area contributed by atoms with E-state index in [9.17, 15) is 4.79 Å². The molecule has 15 heavy (non-hydrogen) atoms. The number of esters is 1. The molecule has 0 heterocycles. The van der Waals surface area contributed by atoms with E-state index in [0.717, 1.165) is 37.0 Å². The molecule has 4 aliphatic carbocycles. The van der Waals surface area contributed by atoms with Crippen molar-refractivity contribution >= 4 is 5.97 Å². The van der Waals surface area contributed by atoms with Gasteiger partial charge in [0.15, 0.2) is 0 Å². The number of rotatable bonds is 2. The van der Waals surface area contributed by atoms with Crippen LogP contribution in [0.3, 0.4) is 0 Å². The quantitative estimate of drug-likeness (QED) is 0.513. The highest BCUT2D eigenvalue weighted by molar-refractivity contribution is 5.87. The van der Waals surface area contributed by atoms with Crippen molar-refractivity contribution in [1.82, 2.24) is 0 Å². The molecule has 0 aliphatic heterocycles. The van der Waals surface area contributed by atoms with Crippen LogP contribution in [0.1, 0.15) is 39.0 Å². The predicted octanol–water partition coefficient (Wildman–Crippen LogP) is 2.68. The summed E-state index contributed by atoms with van der Waals surface area (Å²) >= 11 is 0. The SMILES string of the molecule is C=C(C)C(=O)OC12CC3CC(C1)[C@H](C3)C2. The zero-order valence-electron chi connectivity index (χ0n) is 9.29. The van der Waals surface area contributed by atoms with Gasteiger partial charge in [-0.15, -0.1) is 0 Å². The van der Waals surface area contributed by atoms with E-state index in [-0.39, 0.29) is 11.6 Å². The van der Waals surface area contributed by atoms with Gasteiger partial charge in [0, 0.05) is 5.57 Å². The molecular weight excluding hydrogens is 188 g/mol. The maximum absolute atomic E-state index is 11.6. The van der Waals surface area contributed by atoms with E-state index in [2.05, 4.69) is 6.58 Å². The highest BCUT2D eigenvalue weighted by Crippen LogP contribution is 2.61. The van der Waals surface area contributed by atoms with Gasteiger partial charge in [-0.3, -0.25) is 0 Å². The molecule has 0 saturated heterocycles. The first kappa shape index (κ1) is 9.44. The summed E-state index contributed by atoms with van der Waals surface area (Å²) in [5.74, 6) is 2.35. The molecule has 0 N–H and O–H groups in total. The van der Waals surface area contributed by atoms with Gasteiger partial charge < -0.3 is 4.74 Å². The molecule has 4 bridgehead atoms. The minimum absolute atomic E-state index is 0.0907. The highest BCUT2D eigenvalue weighted by Gasteiger charge is 2.57. The Labute approximate surface area is 90.7 Å². The lowest BCUT2D eigenvalue weighted by Gasteiger charge is -2.37. The molecule has 0 aromatic carbocycles. The van der Waals surface area contributed by atoms with Crippen LogP contribution in [0.4, 0.5) is 0 Å². The van der Waals surface area contributed by atoms with Gasteiger partial charge in [-0.05, 0) is 56.8 Å². The lowest BCUT2D eigenvalue weighted by molar-refractivity contribution is -0.159. The third-order valence-corrected chi connectivity index (χ3v) is 4.53. The van der Waals surface area contributed by atoms with Gasteiger partial charge in [0.05, 0.1) is 0 Å². The standard InChI is InChI=1S/C13H18O2/c1-8(2)12(14)15-13-5-9-3-10(6-13)11(4-9)7-13/h9-11H,1,3-7H2,2H3/t9?,10-,11?,13?/m1/s1. The van der Waals surface area contributed by atoms with Crippen molar-refractivity contribution in [3.8, 4) is 0 Å². The molecule has 2 nitrogen and oxygen atoms in total. The molecule has 0 radical (unpaired) electrons. The fourth-order valence-electron chi connectivity index (χ4n) is 4.14. The normalized spacial score (nSPS) is 45.8. The van der Waals surface area contributed by atoms with Gasteiger partial charge in [-0.1, -0.05) is 6.58 Å². The predicted molar refractivity (Wildman–Crippen MR) is 57.2 cm³/mol. The first-order valence-corrected chi connectivity index (χ1v) is 5.97. The van der Waals surface area contributed by atoms with Gasteiger partial charge in [0.25, 0.3) is 0 Å². The summed E-state index contributed by atoms with van der Waals surface area (Å²) in [6, 6.07) is 0. The Bertz CT molecular complexity index is 312. The van der Waals surface area contributed by atoms with Gasteiger partial charge >= 0.3 is 5.97 Å². The van der Waals surface area contributed by atoms with Crippen molar-refractivity contribution in [2.24, 2.45) is 17.8 Å². The Kier molecular flexibility index (Phi) is 1.80. The van der Waals surface area contributed by atoms with Crippen LogP contribution in [-0.2, 0) is 9.53 Å². The third kappa shape index (κ3) is 1.34. The van der Waals surface area contributed by atoms with E-state index in [1.807, 2.05) is 0 Å². The van der Waals surface area contributed by atoms with Crippen molar-refractivity contribution in [3.63, 3.8) is 0 Å². The second kappa shape index (κ2) is 2.87. The van der Waals surface area contributed by atoms with Crippen LogP contribution in [0.25, 0.3) is 0 Å². The Balaban J connectivity index is 1.77. The molecular formula is C13H18O2. The first-order chi connectivity index (χ1) is 7.08. The van der Waals surface area contributed by atoms with Gasteiger partial charge in [0.1, 0.15) is 5.60 Å². The highest BCUT2D eigenvalue weighted by atomic mass is 16.6. The Morgan fingerprint density at radius 1 is 1.27 bits per heavy atom. The summed E-state index contributed by atoms with van der Waals surface area (Å²) in [4.78, 5) is 11.6. The summed E-state index contributed by atoms with van der Waals surface area (Å²) in [5, 5.41) is 0. The van der Waals surface area contributed by atoms with Gasteiger partial charge in [-0.25, -0.2) is 4.79 Å². The van der Waals surface area contributed by atoms with E-state index >= 15 is 0 Å². The van der Waals surface area contributed by atoms with E-state index in [1.165, 1.54) is 12.8 Å². The molecule has 4 fully saturated rings. The maximum Gasteiger partial charge on any atom is 0.333 e. The smallest absolute Gasteiger partial charge is 0.333 e. The third-order valence-electron chi connectivity index (χ3n) is 4.53. The number of ether oxygens (including phenoxy) is 1. The molecule has 4 atom stereocenters. The monoisotopic (exact) mass is 206 g/mol. The van der Waals surface area contributed by atoms with Gasteiger partial charge in [-0.2, -0.15) is 0 Å². The summed E-state index contributed by atoms with van der Waals surface area (Å²) < 4.78 is 5.69. The van der Waals surface area contributed by atoms with Crippen molar-refractivity contribution in [2.75, 3.05) is 0 Å². The zero-order chi connectivity index (χ0) is 10.6. The second-order valence-corrected chi connectivity index (χ2v) is 5.82. The fourth-order valence-corrected chi connectivity index (χ4v) is 4.14. The van der Waals surface area contributed by atoms with E-state index < -0.39 is 0 Å². The molecule has 3 unspecified atom stereocenters. The van der Waals surface area contributed by atoms with Crippen LogP contribution >= 0.6 is 0 Å². The van der Waals surface area contributed by atoms with Crippen molar-refractivity contribution in [1.29, 1.82) is 0 Å². The Morgan fingerprint density at radius 3 is 2.33 bits per heavy atom. The molecule has 0 aromatic rings. The van der Waals surface area contributed by atoms with E-state index in [4.69, 9.17) is 4.74 Å². The number of carbonyl (C=O) groups excluding carboxylic acids is 1. The molecule has 4 saturated carbocycles. The number of carbonyl (C=O) groups is 1. The molecule has 2 heteroatoms. The molecule has 4 aliphatic rings. The fraction of sp³-hybridized carbons (Fsp3) is 0.769. The van der Waals surface area contributed by atoms with Gasteiger partial charge in [0.2, 0.25) is 0 Å². The van der Waals surface area contributed by atoms with Crippen LogP contribution in [0.15, 0.2) is 12.2 Å². The summed E-state index contributed by atoms with van der Waals surface area (Å²) in [6.45, 7) is 5.39. The molecule has 0 aromatic heterocycles. The van der Waals surface area contributed by atoms with E-state index in [0.29, 0.717) is 5.57 Å². The Hall–Kier alpha value is -0.790. The van der Waals surface area contributed by atoms with Crippen LogP contribution < -0.4 is 0 Å². The minimum atomic E-state index is -0.183. The minimum Gasteiger partial charge on any atom is -0.456 e. The largest absolute Gasteiger partial charge is 0.456 e. The first-order valence-electron chi connectivity index (χ1n) is 5.97. The Morgan fingerprint density at radius 2 is 1.87 bits per heavy atom.